The van der Waals surface area contributed by atoms with E-state index >= 15 is 0 Å². The molecule has 3 aromatic rings. The number of anilines is 1. The highest BCUT2D eigenvalue weighted by Gasteiger charge is 2.14. The summed E-state index contributed by atoms with van der Waals surface area (Å²) >= 11 is 4.82. The van der Waals surface area contributed by atoms with Crippen LogP contribution < -0.4 is 5.32 Å². The van der Waals surface area contributed by atoms with E-state index in [1.165, 1.54) is 11.3 Å². The van der Waals surface area contributed by atoms with Gasteiger partial charge in [0.05, 0.1) is 22.4 Å². The zero-order chi connectivity index (χ0) is 14.1. The van der Waals surface area contributed by atoms with Crippen LogP contribution in [0.15, 0.2) is 40.4 Å². The maximum atomic E-state index is 12.2. The van der Waals surface area contributed by atoms with E-state index in [2.05, 4.69) is 31.2 Å². The van der Waals surface area contributed by atoms with Crippen molar-refractivity contribution in [3.05, 3.63) is 51.0 Å². The Balaban J connectivity index is 2.02. The van der Waals surface area contributed by atoms with Gasteiger partial charge in [0.2, 0.25) is 0 Å². The van der Waals surface area contributed by atoms with E-state index in [9.17, 15) is 4.79 Å². The molecule has 1 aromatic carbocycles. The molecule has 0 spiro atoms. The Morgan fingerprint density at radius 1 is 1.30 bits per heavy atom. The molecule has 6 heteroatoms. The SMILES string of the molecule is Cc1ncsc1C(=O)Nc1ccc(Br)c2cccnc12. The first-order valence-electron chi connectivity index (χ1n) is 5.91. The number of benzene rings is 1. The number of amides is 1. The first kappa shape index (κ1) is 13.2. The summed E-state index contributed by atoms with van der Waals surface area (Å²) in [5.41, 5.74) is 3.86. The third-order valence-electron chi connectivity index (χ3n) is 2.92. The summed E-state index contributed by atoms with van der Waals surface area (Å²) in [6.07, 6.45) is 1.71. The van der Waals surface area contributed by atoms with Crippen molar-refractivity contribution in [2.75, 3.05) is 5.32 Å². The van der Waals surface area contributed by atoms with Crippen molar-refractivity contribution < 1.29 is 4.79 Å². The standard InChI is InChI=1S/C14H10BrN3OS/c1-8-13(20-7-17-8)14(19)18-11-5-4-10(15)9-3-2-6-16-12(9)11/h2-7H,1H3,(H,18,19). The Labute approximate surface area is 128 Å². The van der Waals surface area contributed by atoms with E-state index in [0.29, 0.717) is 10.6 Å². The number of hydrogen-bond acceptors (Lipinski definition) is 4. The van der Waals surface area contributed by atoms with Crippen molar-refractivity contribution in [1.82, 2.24) is 9.97 Å². The van der Waals surface area contributed by atoms with Gasteiger partial charge in [-0.05, 0) is 25.1 Å². The number of aromatic nitrogens is 2. The molecular weight excluding hydrogens is 338 g/mol. The number of thiazole rings is 1. The van der Waals surface area contributed by atoms with E-state index in [1.54, 1.807) is 11.7 Å². The summed E-state index contributed by atoms with van der Waals surface area (Å²) in [6, 6.07) is 7.57. The minimum Gasteiger partial charge on any atom is -0.319 e. The van der Waals surface area contributed by atoms with E-state index in [1.807, 2.05) is 31.2 Å². The first-order valence-corrected chi connectivity index (χ1v) is 7.59. The minimum absolute atomic E-state index is 0.153. The predicted molar refractivity (Wildman–Crippen MR) is 84.2 cm³/mol. The highest BCUT2D eigenvalue weighted by molar-refractivity contribution is 9.10. The van der Waals surface area contributed by atoms with Crippen LogP contribution in [0.3, 0.4) is 0 Å². The van der Waals surface area contributed by atoms with E-state index in [0.717, 1.165) is 21.1 Å². The van der Waals surface area contributed by atoms with Crippen LogP contribution in [0.25, 0.3) is 10.9 Å². The topological polar surface area (TPSA) is 54.9 Å². The van der Waals surface area contributed by atoms with Crippen molar-refractivity contribution in [1.29, 1.82) is 0 Å². The minimum atomic E-state index is -0.153. The molecule has 3 rings (SSSR count). The fourth-order valence-corrected chi connectivity index (χ4v) is 3.09. The molecule has 0 aliphatic heterocycles. The normalized spacial score (nSPS) is 10.7. The number of nitrogens with one attached hydrogen (secondary N) is 1. The van der Waals surface area contributed by atoms with Gasteiger partial charge in [-0.2, -0.15) is 0 Å². The van der Waals surface area contributed by atoms with Gasteiger partial charge in [-0.25, -0.2) is 4.98 Å². The number of rotatable bonds is 2. The van der Waals surface area contributed by atoms with Crippen LogP contribution in [-0.2, 0) is 0 Å². The molecule has 0 saturated heterocycles. The molecule has 0 saturated carbocycles. The lowest BCUT2D eigenvalue weighted by Crippen LogP contribution is -2.12. The van der Waals surface area contributed by atoms with Gasteiger partial charge in [0.1, 0.15) is 4.88 Å². The van der Waals surface area contributed by atoms with Gasteiger partial charge in [0.15, 0.2) is 0 Å². The fraction of sp³-hybridized carbons (Fsp3) is 0.0714. The van der Waals surface area contributed by atoms with Crippen LogP contribution in [0.2, 0.25) is 0 Å². The fourth-order valence-electron chi connectivity index (χ4n) is 1.94. The second kappa shape index (κ2) is 5.30. The van der Waals surface area contributed by atoms with Gasteiger partial charge in [-0.15, -0.1) is 11.3 Å². The summed E-state index contributed by atoms with van der Waals surface area (Å²) < 4.78 is 0.951. The zero-order valence-corrected chi connectivity index (χ0v) is 13.0. The number of hydrogen-bond donors (Lipinski definition) is 1. The summed E-state index contributed by atoms with van der Waals surface area (Å²) in [4.78, 5) is 21.3. The third kappa shape index (κ3) is 2.32. The molecule has 0 atom stereocenters. The number of nitrogens with zero attached hydrogens (tertiary/aromatic N) is 2. The van der Waals surface area contributed by atoms with Crippen LogP contribution in [0.5, 0.6) is 0 Å². The van der Waals surface area contributed by atoms with Crippen LogP contribution in [0, 0.1) is 6.92 Å². The zero-order valence-electron chi connectivity index (χ0n) is 10.6. The quantitative estimate of drug-likeness (QED) is 0.761. The van der Waals surface area contributed by atoms with Gasteiger partial charge >= 0.3 is 0 Å². The lowest BCUT2D eigenvalue weighted by atomic mass is 10.2. The van der Waals surface area contributed by atoms with Gasteiger partial charge in [-0.1, -0.05) is 22.0 Å². The predicted octanol–water partition coefficient (Wildman–Crippen LogP) is 4.01. The average Bonchev–Trinajstić information content (AvgIpc) is 2.88. The summed E-state index contributed by atoms with van der Waals surface area (Å²) in [5.74, 6) is -0.153. The van der Waals surface area contributed by atoms with E-state index in [-0.39, 0.29) is 5.91 Å². The maximum absolute atomic E-state index is 12.2. The Hall–Kier alpha value is -1.79. The van der Waals surface area contributed by atoms with Gasteiger partial charge in [-0.3, -0.25) is 9.78 Å². The molecule has 1 amide bonds. The van der Waals surface area contributed by atoms with Gasteiger partial charge < -0.3 is 5.32 Å². The van der Waals surface area contributed by atoms with Crippen molar-refractivity contribution in [2.45, 2.75) is 6.92 Å². The van der Waals surface area contributed by atoms with Gasteiger partial charge in [0.25, 0.3) is 5.91 Å². The lowest BCUT2D eigenvalue weighted by Gasteiger charge is -2.08. The van der Waals surface area contributed by atoms with Crippen LogP contribution in [0.1, 0.15) is 15.4 Å². The smallest absolute Gasteiger partial charge is 0.267 e. The molecule has 0 fully saturated rings. The average molecular weight is 348 g/mol. The van der Waals surface area contributed by atoms with Crippen molar-refractivity contribution in [3.8, 4) is 0 Å². The number of fused-ring (bicyclic) bond motifs is 1. The van der Waals surface area contributed by atoms with Crippen LogP contribution >= 0.6 is 27.3 Å². The highest BCUT2D eigenvalue weighted by atomic mass is 79.9. The number of carbonyl (C=O) groups excluding carboxylic acids is 1. The second-order valence-electron chi connectivity index (χ2n) is 4.22. The molecule has 0 aliphatic carbocycles. The number of pyridine rings is 1. The van der Waals surface area contributed by atoms with E-state index < -0.39 is 0 Å². The number of aryl methyl sites for hydroxylation is 1. The Bertz CT molecular complexity index is 800. The molecule has 2 heterocycles. The summed E-state index contributed by atoms with van der Waals surface area (Å²) in [6.45, 7) is 1.82. The second-order valence-corrected chi connectivity index (χ2v) is 5.92. The lowest BCUT2D eigenvalue weighted by molar-refractivity contribution is 0.103. The van der Waals surface area contributed by atoms with Crippen LogP contribution in [-0.4, -0.2) is 15.9 Å². The Morgan fingerprint density at radius 3 is 2.90 bits per heavy atom. The molecule has 0 aliphatic rings. The van der Waals surface area contributed by atoms with Crippen molar-refractivity contribution in [3.63, 3.8) is 0 Å². The molecule has 4 nitrogen and oxygen atoms in total. The molecule has 1 N–H and O–H groups in total. The van der Waals surface area contributed by atoms with Crippen LogP contribution in [0.4, 0.5) is 5.69 Å². The Kier molecular flexibility index (Phi) is 3.50. The number of carbonyl (C=O) groups is 1. The van der Waals surface area contributed by atoms with E-state index in [4.69, 9.17) is 0 Å². The Morgan fingerprint density at radius 2 is 2.15 bits per heavy atom. The van der Waals surface area contributed by atoms with Crippen molar-refractivity contribution in [2.24, 2.45) is 0 Å². The highest BCUT2D eigenvalue weighted by Crippen LogP contribution is 2.29. The monoisotopic (exact) mass is 347 g/mol. The molecular formula is C14H10BrN3OS. The first-order chi connectivity index (χ1) is 9.66. The summed E-state index contributed by atoms with van der Waals surface area (Å²) in [7, 11) is 0. The largest absolute Gasteiger partial charge is 0.319 e. The number of halogens is 1. The molecule has 0 bridgehead atoms. The molecule has 100 valence electrons. The van der Waals surface area contributed by atoms with Gasteiger partial charge in [0, 0.05) is 16.1 Å². The third-order valence-corrected chi connectivity index (χ3v) is 4.54. The summed E-state index contributed by atoms with van der Waals surface area (Å²) in [5, 5.41) is 3.87. The molecule has 0 unspecified atom stereocenters. The van der Waals surface area contributed by atoms with Crippen molar-refractivity contribution >= 4 is 49.8 Å². The molecule has 0 radical (unpaired) electrons. The molecule has 20 heavy (non-hydrogen) atoms. The molecule has 2 aromatic heterocycles. The maximum Gasteiger partial charge on any atom is 0.267 e.